The van der Waals surface area contributed by atoms with Crippen LogP contribution in [0.4, 0.5) is 0 Å². The Morgan fingerprint density at radius 1 is 1.33 bits per heavy atom. The molecule has 0 radical (unpaired) electrons. The van der Waals surface area contributed by atoms with E-state index in [9.17, 15) is 4.79 Å². The number of rotatable bonds is 2. The van der Waals surface area contributed by atoms with Gasteiger partial charge in [-0.25, -0.2) is 0 Å². The second-order valence-electron chi connectivity index (χ2n) is 4.44. The number of Topliss-reactive ketones (excluding diaryl/α,β-unsaturated/α-hetero) is 1. The number of allylic oxidation sites excluding steroid dienone is 2. The van der Waals surface area contributed by atoms with Crippen molar-refractivity contribution >= 4 is 5.78 Å². The van der Waals surface area contributed by atoms with Crippen LogP contribution in [-0.2, 0) is 4.79 Å². The molecule has 12 heavy (non-hydrogen) atoms. The fraction of sp³-hybridized carbons (Fsp3) is 0.727. The molecule has 2 rings (SSSR count). The lowest BCUT2D eigenvalue weighted by Crippen LogP contribution is -2.23. The summed E-state index contributed by atoms with van der Waals surface area (Å²) >= 11 is 0. The third-order valence-corrected chi connectivity index (χ3v) is 3.21. The van der Waals surface area contributed by atoms with Gasteiger partial charge in [0.15, 0.2) is 0 Å². The topological polar surface area (TPSA) is 17.1 Å². The molecule has 0 aromatic heterocycles. The molecule has 2 bridgehead atoms. The van der Waals surface area contributed by atoms with Gasteiger partial charge in [0.1, 0.15) is 5.78 Å². The van der Waals surface area contributed by atoms with E-state index >= 15 is 0 Å². The first-order valence-corrected chi connectivity index (χ1v) is 4.90. The Hall–Kier alpha value is -0.590. The fourth-order valence-electron chi connectivity index (χ4n) is 2.54. The van der Waals surface area contributed by atoms with Crippen LogP contribution < -0.4 is 0 Å². The number of ketones is 1. The molecule has 0 aromatic carbocycles. The molecule has 1 saturated carbocycles. The predicted molar refractivity (Wildman–Crippen MR) is 48.7 cm³/mol. The van der Waals surface area contributed by atoms with Crippen molar-refractivity contribution in [2.24, 2.45) is 23.7 Å². The van der Waals surface area contributed by atoms with Gasteiger partial charge < -0.3 is 0 Å². The zero-order chi connectivity index (χ0) is 8.72. The molecule has 2 aliphatic rings. The molecule has 0 aromatic rings. The average molecular weight is 164 g/mol. The van der Waals surface area contributed by atoms with Crippen LogP contribution in [0.3, 0.4) is 0 Å². The van der Waals surface area contributed by atoms with Gasteiger partial charge in [0.25, 0.3) is 0 Å². The Labute approximate surface area is 73.8 Å². The van der Waals surface area contributed by atoms with E-state index < -0.39 is 0 Å². The highest BCUT2D eigenvalue weighted by atomic mass is 16.1. The van der Waals surface area contributed by atoms with Gasteiger partial charge in [-0.2, -0.15) is 0 Å². The van der Waals surface area contributed by atoms with E-state index in [1.165, 1.54) is 6.42 Å². The van der Waals surface area contributed by atoms with Gasteiger partial charge in [-0.3, -0.25) is 4.79 Å². The molecule has 0 aliphatic heterocycles. The van der Waals surface area contributed by atoms with Crippen LogP contribution in [-0.4, -0.2) is 5.78 Å². The first-order valence-electron chi connectivity index (χ1n) is 4.90. The highest BCUT2D eigenvalue weighted by Gasteiger charge is 2.39. The monoisotopic (exact) mass is 164 g/mol. The molecular formula is C11H16O. The van der Waals surface area contributed by atoms with Crippen molar-refractivity contribution in [3.63, 3.8) is 0 Å². The van der Waals surface area contributed by atoms with Crippen molar-refractivity contribution in [2.45, 2.75) is 26.7 Å². The lowest BCUT2D eigenvalue weighted by molar-refractivity contribution is -0.126. The predicted octanol–water partition coefficient (Wildman–Crippen LogP) is 2.42. The first-order chi connectivity index (χ1) is 5.68. The zero-order valence-electron chi connectivity index (χ0n) is 7.79. The highest BCUT2D eigenvalue weighted by Crippen LogP contribution is 2.44. The lowest BCUT2D eigenvalue weighted by atomic mass is 9.85. The molecule has 0 saturated heterocycles. The Morgan fingerprint density at radius 3 is 2.50 bits per heavy atom. The average Bonchev–Trinajstić information content (AvgIpc) is 2.62. The van der Waals surface area contributed by atoms with Crippen LogP contribution in [0.1, 0.15) is 26.7 Å². The molecule has 0 N–H and O–H groups in total. The summed E-state index contributed by atoms with van der Waals surface area (Å²) in [6.45, 7) is 4.02. The normalized spacial score (nSPS) is 38.1. The number of carbonyl (C=O) groups excluding carboxylic acids is 1. The molecule has 3 atom stereocenters. The van der Waals surface area contributed by atoms with Gasteiger partial charge in [0, 0.05) is 11.8 Å². The summed E-state index contributed by atoms with van der Waals surface area (Å²) in [5.41, 5.74) is 0. The van der Waals surface area contributed by atoms with E-state index in [4.69, 9.17) is 0 Å². The van der Waals surface area contributed by atoms with Crippen molar-refractivity contribution < 1.29 is 4.79 Å². The molecule has 0 amide bonds. The smallest absolute Gasteiger partial charge is 0.139 e. The SMILES string of the molecule is CC(C)C(=O)[C@H]1C[C@H]2C=C[C@H]1C2. The summed E-state index contributed by atoms with van der Waals surface area (Å²) in [7, 11) is 0. The van der Waals surface area contributed by atoms with Gasteiger partial charge in [0.05, 0.1) is 0 Å². The molecule has 0 unspecified atom stereocenters. The summed E-state index contributed by atoms with van der Waals surface area (Å²) in [6.07, 6.45) is 6.90. The molecular weight excluding hydrogens is 148 g/mol. The van der Waals surface area contributed by atoms with Crippen molar-refractivity contribution in [3.05, 3.63) is 12.2 Å². The number of fused-ring (bicyclic) bond motifs is 2. The van der Waals surface area contributed by atoms with Gasteiger partial charge in [0.2, 0.25) is 0 Å². The van der Waals surface area contributed by atoms with Crippen LogP contribution in [0.2, 0.25) is 0 Å². The van der Waals surface area contributed by atoms with Crippen LogP contribution in [0.25, 0.3) is 0 Å². The number of hydrogen-bond acceptors (Lipinski definition) is 1. The van der Waals surface area contributed by atoms with Crippen molar-refractivity contribution in [2.75, 3.05) is 0 Å². The maximum atomic E-state index is 11.7. The summed E-state index contributed by atoms with van der Waals surface area (Å²) in [4.78, 5) is 11.7. The Morgan fingerprint density at radius 2 is 2.08 bits per heavy atom. The maximum Gasteiger partial charge on any atom is 0.139 e. The van der Waals surface area contributed by atoms with Crippen molar-refractivity contribution in [1.29, 1.82) is 0 Å². The number of carbonyl (C=O) groups is 1. The maximum absolute atomic E-state index is 11.7. The molecule has 2 aliphatic carbocycles. The summed E-state index contributed by atoms with van der Waals surface area (Å²) in [5.74, 6) is 2.38. The van der Waals surface area contributed by atoms with Crippen molar-refractivity contribution in [1.82, 2.24) is 0 Å². The van der Waals surface area contributed by atoms with Gasteiger partial charge in [-0.05, 0) is 24.7 Å². The van der Waals surface area contributed by atoms with E-state index in [0.717, 1.165) is 12.3 Å². The Bertz CT molecular complexity index is 227. The lowest BCUT2D eigenvalue weighted by Gasteiger charge is -2.18. The largest absolute Gasteiger partial charge is 0.299 e. The van der Waals surface area contributed by atoms with Crippen LogP contribution in [0.5, 0.6) is 0 Å². The summed E-state index contributed by atoms with van der Waals surface area (Å²) in [6, 6.07) is 0. The quantitative estimate of drug-likeness (QED) is 0.573. The van der Waals surface area contributed by atoms with E-state index in [0.29, 0.717) is 17.6 Å². The van der Waals surface area contributed by atoms with Crippen LogP contribution in [0.15, 0.2) is 12.2 Å². The van der Waals surface area contributed by atoms with Gasteiger partial charge in [-0.15, -0.1) is 0 Å². The highest BCUT2D eigenvalue weighted by molar-refractivity contribution is 5.83. The summed E-state index contributed by atoms with van der Waals surface area (Å²) < 4.78 is 0. The molecule has 66 valence electrons. The van der Waals surface area contributed by atoms with E-state index in [1.54, 1.807) is 0 Å². The van der Waals surface area contributed by atoms with E-state index in [-0.39, 0.29) is 5.92 Å². The second-order valence-corrected chi connectivity index (χ2v) is 4.44. The fourth-order valence-corrected chi connectivity index (χ4v) is 2.54. The number of hydrogen-bond donors (Lipinski definition) is 0. The van der Waals surface area contributed by atoms with Crippen LogP contribution in [0, 0.1) is 23.7 Å². The third kappa shape index (κ3) is 1.12. The van der Waals surface area contributed by atoms with Gasteiger partial charge in [-0.1, -0.05) is 26.0 Å². The Balaban J connectivity index is 2.08. The Kier molecular flexibility index (Phi) is 1.82. The standard InChI is InChI=1S/C11H16O/c1-7(2)11(12)10-6-8-3-4-9(10)5-8/h3-4,7-10H,5-6H2,1-2H3/t8-,9-,10-/m0/s1. The third-order valence-electron chi connectivity index (χ3n) is 3.21. The molecule has 0 spiro atoms. The van der Waals surface area contributed by atoms with Gasteiger partial charge >= 0.3 is 0 Å². The minimum Gasteiger partial charge on any atom is -0.299 e. The molecule has 1 nitrogen and oxygen atoms in total. The first kappa shape index (κ1) is 8.03. The van der Waals surface area contributed by atoms with E-state index in [1.807, 2.05) is 13.8 Å². The minimum absolute atomic E-state index is 0.225. The zero-order valence-corrected chi connectivity index (χ0v) is 7.79. The molecule has 1 fully saturated rings. The van der Waals surface area contributed by atoms with Crippen LogP contribution >= 0.6 is 0 Å². The second kappa shape index (κ2) is 2.72. The molecule has 1 heteroatoms. The van der Waals surface area contributed by atoms with E-state index in [2.05, 4.69) is 12.2 Å². The minimum atomic E-state index is 0.225. The summed E-state index contributed by atoms with van der Waals surface area (Å²) in [5, 5.41) is 0. The van der Waals surface area contributed by atoms with Crippen molar-refractivity contribution in [3.8, 4) is 0 Å². The molecule has 0 heterocycles.